The van der Waals surface area contributed by atoms with Crippen molar-refractivity contribution in [2.75, 3.05) is 0 Å². The van der Waals surface area contributed by atoms with Crippen LogP contribution in [0.15, 0.2) is 0 Å². The van der Waals surface area contributed by atoms with Crippen molar-refractivity contribution >= 4 is 5.91 Å². The van der Waals surface area contributed by atoms with Gasteiger partial charge in [-0.2, -0.15) is 0 Å². The lowest BCUT2D eigenvalue weighted by molar-refractivity contribution is -0.122. The Labute approximate surface area is 100 Å². The van der Waals surface area contributed by atoms with Crippen LogP contribution in [-0.4, -0.2) is 18.0 Å². The number of nitrogens with one attached hydrogen (secondary N) is 1. The fourth-order valence-corrected chi connectivity index (χ4v) is 1.94. The lowest BCUT2D eigenvalue weighted by Gasteiger charge is -2.23. The van der Waals surface area contributed by atoms with Gasteiger partial charge in [-0.25, -0.2) is 0 Å². The van der Waals surface area contributed by atoms with Crippen LogP contribution in [0.5, 0.6) is 0 Å². The van der Waals surface area contributed by atoms with Crippen LogP contribution >= 0.6 is 0 Å². The van der Waals surface area contributed by atoms with Crippen LogP contribution in [0.4, 0.5) is 0 Å². The van der Waals surface area contributed by atoms with E-state index in [4.69, 9.17) is 5.73 Å². The number of nitrogens with two attached hydrogens (primary N) is 1. The molecule has 0 rings (SSSR count). The highest BCUT2D eigenvalue weighted by Crippen LogP contribution is 2.20. The van der Waals surface area contributed by atoms with Crippen LogP contribution in [0, 0.1) is 5.41 Å². The number of carbonyl (C=O) groups is 1. The highest BCUT2D eigenvalue weighted by Gasteiger charge is 2.18. The Kier molecular flexibility index (Phi) is 6.65. The summed E-state index contributed by atoms with van der Waals surface area (Å²) in [5.41, 5.74) is 6.14. The summed E-state index contributed by atoms with van der Waals surface area (Å²) < 4.78 is 0. The van der Waals surface area contributed by atoms with Crippen LogP contribution < -0.4 is 11.1 Å². The molecule has 0 spiro atoms. The number of rotatable bonds is 6. The van der Waals surface area contributed by atoms with Gasteiger partial charge in [-0.1, -0.05) is 34.1 Å². The molecule has 0 heterocycles. The molecule has 0 aliphatic carbocycles. The average Bonchev–Trinajstić information content (AvgIpc) is 1.98. The first-order valence-electron chi connectivity index (χ1n) is 6.29. The van der Waals surface area contributed by atoms with Gasteiger partial charge in [0.05, 0.1) is 0 Å². The fraction of sp³-hybridized carbons (Fsp3) is 0.923. The molecule has 2 unspecified atom stereocenters. The van der Waals surface area contributed by atoms with Crippen molar-refractivity contribution in [2.45, 2.75) is 72.4 Å². The lowest BCUT2D eigenvalue weighted by atomic mass is 9.87. The van der Waals surface area contributed by atoms with Crippen molar-refractivity contribution in [1.82, 2.24) is 5.32 Å². The van der Waals surface area contributed by atoms with Gasteiger partial charge in [0.25, 0.3) is 0 Å². The number of carbonyl (C=O) groups excluding carboxylic acids is 1. The summed E-state index contributed by atoms with van der Waals surface area (Å²) in [5, 5.41) is 2.98. The van der Waals surface area contributed by atoms with E-state index in [1.165, 1.54) is 0 Å². The number of hydrogen-bond acceptors (Lipinski definition) is 2. The molecule has 96 valence electrons. The van der Waals surface area contributed by atoms with E-state index < -0.39 is 0 Å². The molecule has 0 aromatic rings. The van der Waals surface area contributed by atoms with Crippen molar-refractivity contribution in [3.63, 3.8) is 0 Å². The Morgan fingerprint density at radius 3 is 2.38 bits per heavy atom. The second-order valence-corrected chi connectivity index (χ2v) is 5.99. The summed E-state index contributed by atoms with van der Waals surface area (Å²) in [6.07, 6.45) is 3.43. The van der Waals surface area contributed by atoms with Crippen LogP contribution in [-0.2, 0) is 4.79 Å². The van der Waals surface area contributed by atoms with Crippen molar-refractivity contribution in [1.29, 1.82) is 0 Å². The zero-order valence-corrected chi connectivity index (χ0v) is 11.5. The third-order valence-electron chi connectivity index (χ3n) is 2.45. The minimum Gasteiger partial charge on any atom is -0.354 e. The molecule has 0 saturated carbocycles. The molecule has 16 heavy (non-hydrogen) atoms. The van der Waals surface area contributed by atoms with Crippen LogP contribution in [0.2, 0.25) is 0 Å². The van der Waals surface area contributed by atoms with Crippen LogP contribution in [0.1, 0.15) is 60.3 Å². The predicted molar refractivity (Wildman–Crippen MR) is 69.2 cm³/mol. The molecule has 0 bridgehead atoms. The molecule has 0 saturated heterocycles. The molecule has 0 fully saturated rings. The number of amides is 1. The maximum Gasteiger partial charge on any atom is 0.221 e. The molecule has 3 N–H and O–H groups in total. The summed E-state index contributed by atoms with van der Waals surface area (Å²) >= 11 is 0. The minimum atomic E-state index is -0.0335. The Morgan fingerprint density at radius 1 is 1.38 bits per heavy atom. The highest BCUT2D eigenvalue weighted by atomic mass is 16.1. The quantitative estimate of drug-likeness (QED) is 0.733. The third kappa shape index (κ3) is 8.72. The van der Waals surface area contributed by atoms with Crippen molar-refractivity contribution in [2.24, 2.45) is 11.1 Å². The molecule has 0 aliphatic heterocycles. The molecule has 0 aromatic carbocycles. The van der Waals surface area contributed by atoms with Gasteiger partial charge in [0, 0.05) is 18.5 Å². The molecule has 0 aliphatic rings. The second-order valence-electron chi connectivity index (χ2n) is 5.99. The van der Waals surface area contributed by atoms with Gasteiger partial charge < -0.3 is 11.1 Å². The summed E-state index contributed by atoms with van der Waals surface area (Å²) in [6.45, 7) is 10.6. The first kappa shape index (κ1) is 15.4. The largest absolute Gasteiger partial charge is 0.354 e. The molecule has 0 radical (unpaired) electrons. The van der Waals surface area contributed by atoms with Crippen molar-refractivity contribution in [3.05, 3.63) is 0 Å². The molecular weight excluding hydrogens is 200 g/mol. The van der Waals surface area contributed by atoms with E-state index in [1.807, 2.05) is 6.92 Å². The molecule has 3 heteroatoms. The molecule has 1 amide bonds. The summed E-state index contributed by atoms with van der Waals surface area (Å²) in [7, 11) is 0. The maximum absolute atomic E-state index is 11.6. The van der Waals surface area contributed by atoms with E-state index in [2.05, 4.69) is 33.0 Å². The predicted octanol–water partition coefficient (Wildman–Crippen LogP) is 2.44. The molecule has 3 nitrogen and oxygen atoms in total. The van der Waals surface area contributed by atoms with E-state index in [0.29, 0.717) is 6.42 Å². The Morgan fingerprint density at radius 2 is 1.94 bits per heavy atom. The van der Waals surface area contributed by atoms with E-state index in [-0.39, 0.29) is 23.4 Å². The van der Waals surface area contributed by atoms with Gasteiger partial charge >= 0.3 is 0 Å². The molecular formula is C13H28N2O. The van der Waals surface area contributed by atoms with E-state index in [1.54, 1.807) is 0 Å². The van der Waals surface area contributed by atoms with Gasteiger partial charge in [-0.05, 0) is 25.2 Å². The average molecular weight is 228 g/mol. The normalized spacial score (nSPS) is 15.6. The third-order valence-corrected chi connectivity index (χ3v) is 2.45. The summed E-state index contributed by atoms with van der Waals surface area (Å²) in [4.78, 5) is 11.6. The van der Waals surface area contributed by atoms with E-state index >= 15 is 0 Å². The Balaban J connectivity index is 3.87. The Bertz CT molecular complexity index is 208. The van der Waals surface area contributed by atoms with Crippen molar-refractivity contribution < 1.29 is 4.79 Å². The van der Waals surface area contributed by atoms with Gasteiger partial charge in [0.15, 0.2) is 0 Å². The lowest BCUT2D eigenvalue weighted by Crippen LogP contribution is -2.38. The Hall–Kier alpha value is -0.570. The summed E-state index contributed by atoms with van der Waals surface area (Å²) in [6, 6.07) is 0.230. The topological polar surface area (TPSA) is 55.1 Å². The highest BCUT2D eigenvalue weighted by molar-refractivity contribution is 5.76. The first-order chi connectivity index (χ1) is 7.24. The molecule has 2 atom stereocenters. The smallest absolute Gasteiger partial charge is 0.221 e. The summed E-state index contributed by atoms with van der Waals surface area (Å²) in [5.74, 6) is 0.0812. The van der Waals surface area contributed by atoms with Gasteiger partial charge in [0.1, 0.15) is 0 Å². The molecule has 0 aromatic heterocycles. The standard InChI is InChI=1S/C13H28N2O/c1-6-7-10(2)15-12(16)8-11(14)9-13(3,4)5/h10-11H,6-9,14H2,1-5H3,(H,15,16). The zero-order valence-electron chi connectivity index (χ0n) is 11.5. The van der Waals surface area contributed by atoms with Crippen LogP contribution in [0.25, 0.3) is 0 Å². The van der Waals surface area contributed by atoms with Gasteiger partial charge in [0.2, 0.25) is 5.91 Å². The SMILES string of the molecule is CCCC(C)NC(=O)CC(N)CC(C)(C)C. The maximum atomic E-state index is 11.6. The van der Waals surface area contributed by atoms with Crippen LogP contribution in [0.3, 0.4) is 0 Å². The van der Waals surface area contributed by atoms with E-state index in [9.17, 15) is 4.79 Å². The first-order valence-corrected chi connectivity index (χ1v) is 6.29. The van der Waals surface area contributed by atoms with Crippen molar-refractivity contribution in [3.8, 4) is 0 Å². The van der Waals surface area contributed by atoms with E-state index in [0.717, 1.165) is 19.3 Å². The monoisotopic (exact) mass is 228 g/mol. The second kappa shape index (κ2) is 6.89. The fourth-order valence-electron chi connectivity index (χ4n) is 1.94. The van der Waals surface area contributed by atoms with Gasteiger partial charge in [-0.15, -0.1) is 0 Å². The zero-order chi connectivity index (χ0) is 12.8. The van der Waals surface area contributed by atoms with Gasteiger partial charge in [-0.3, -0.25) is 4.79 Å². The minimum absolute atomic E-state index is 0.0335. The number of hydrogen-bond donors (Lipinski definition) is 2.